The van der Waals surface area contributed by atoms with Crippen LogP contribution in [0, 0.1) is 11.8 Å². The average Bonchev–Trinajstić information content (AvgIpc) is 3.09. The zero-order valence-electron chi connectivity index (χ0n) is 9.22. The lowest BCUT2D eigenvalue weighted by atomic mass is 10.0. The molecule has 1 aromatic rings. The van der Waals surface area contributed by atoms with Gasteiger partial charge in [0.05, 0.1) is 6.54 Å². The molecule has 1 nitrogen and oxygen atoms in total. The predicted octanol–water partition coefficient (Wildman–Crippen LogP) is 2.68. The van der Waals surface area contributed by atoms with Gasteiger partial charge < -0.3 is 5.32 Å². The summed E-state index contributed by atoms with van der Waals surface area (Å²) in [6, 6.07) is 8.75. The summed E-state index contributed by atoms with van der Waals surface area (Å²) < 4.78 is 0. The lowest BCUT2D eigenvalue weighted by Crippen LogP contribution is -2.14. The molecule has 2 rings (SSSR count). The molecule has 0 atom stereocenters. The van der Waals surface area contributed by atoms with Crippen molar-refractivity contribution < 1.29 is 0 Å². The summed E-state index contributed by atoms with van der Waals surface area (Å²) in [6.07, 6.45) is 2.73. The Hall–Kier alpha value is -1.26. The van der Waals surface area contributed by atoms with Crippen LogP contribution >= 0.6 is 0 Å². The Morgan fingerprint density at radius 2 is 2.13 bits per heavy atom. The van der Waals surface area contributed by atoms with Crippen LogP contribution in [-0.4, -0.2) is 6.54 Å². The van der Waals surface area contributed by atoms with Gasteiger partial charge in [0.2, 0.25) is 0 Å². The van der Waals surface area contributed by atoms with E-state index in [-0.39, 0.29) is 0 Å². The summed E-state index contributed by atoms with van der Waals surface area (Å²) in [5.74, 6) is 6.75. The van der Waals surface area contributed by atoms with Crippen LogP contribution in [0.1, 0.15) is 36.8 Å². The van der Waals surface area contributed by atoms with Crippen LogP contribution in [0.4, 0.5) is 0 Å². The van der Waals surface area contributed by atoms with E-state index >= 15 is 0 Å². The van der Waals surface area contributed by atoms with E-state index in [1.807, 2.05) is 6.92 Å². The average molecular weight is 199 g/mol. The highest BCUT2D eigenvalue weighted by molar-refractivity contribution is 5.33. The van der Waals surface area contributed by atoms with Gasteiger partial charge in [-0.25, -0.2) is 0 Å². The van der Waals surface area contributed by atoms with Gasteiger partial charge in [0.25, 0.3) is 0 Å². The van der Waals surface area contributed by atoms with Gasteiger partial charge in [-0.1, -0.05) is 30.2 Å². The van der Waals surface area contributed by atoms with Crippen molar-refractivity contribution in [2.24, 2.45) is 0 Å². The van der Waals surface area contributed by atoms with E-state index in [0.717, 1.165) is 19.0 Å². The van der Waals surface area contributed by atoms with Crippen molar-refractivity contribution in [2.45, 2.75) is 32.2 Å². The van der Waals surface area contributed by atoms with Crippen LogP contribution in [0.3, 0.4) is 0 Å². The van der Waals surface area contributed by atoms with Gasteiger partial charge >= 0.3 is 0 Å². The van der Waals surface area contributed by atoms with Crippen molar-refractivity contribution in [1.82, 2.24) is 5.32 Å². The molecule has 78 valence electrons. The van der Waals surface area contributed by atoms with E-state index in [4.69, 9.17) is 0 Å². The summed E-state index contributed by atoms with van der Waals surface area (Å²) in [5.41, 5.74) is 2.98. The Labute approximate surface area is 91.9 Å². The predicted molar refractivity (Wildman–Crippen MR) is 63.6 cm³/mol. The first-order valence-corrected chi connectivity index (χ1v) is 5.60. The molecule has 1 heteroatoms. The van der Waals surface area contributed by atoms with Gasteiger partial charge in [0.1, 0.15) is 0 Å². The third-order valence-electron chi connectivity index (χ3n) is 2.78. The number of nitrogens with one attached hydrogen (secondary N) is 1. The highest BCUT2D eigenvalue weighted by Gasteiger charge is 2.25. The third-order valence-corrected chi connectivity index (χ3v) is 2.78. The molecule has 1 aliphatic carbocycles. The molecule has 0 spiro atoms. The number of hydrogen-bond acceptors (Lipinski definition) is 1. The molecule has 0 aromatic heterocycles. The molecule has 0 bridgehead atoms. The lowest BCUT2D eigenvalue weighted by Gasteiger charge is -2.08. The van der Waals surface area contributed by atoms with Crippen LogP contribution in [0.5, 0.6) is 0 Å². The van der Waals surface area contributed by atoms with Crippen molar-refractivity contribution in [3.8, 4) is 11.8 Å². The fourth-order valence-corrected chi connectivity index (χ4v) is 1.84. The first-order valence-electron chi connectivity index (χ1n) is 5.60. The molecule has 0 unspecified atom stereocenters. The maximum atomic E-state index is 3.35. The Morgan fingerprint density at radius 3 is 2.87 bits per heavy atom. The molecule has 1 aliphatic rings. The van der Waals surface area contributed by atoms with Crippen LogP contribution in [0.25, 0.3) is 0 Å². The highest BCUT2D eigenvalue weighted by Crippen LogP contribution is 2.41. The zero-order chi connectivity index (χ0) is 10.5. The highest BCUT2D eigenvalue weighted by atomic mass is 14.8. The second-order valence-electron chi connectivity index (χ2n) is 4.00. The topological polar surface area (TPSA) is 12.0 Å². The number of benzene rings is 1. The lowest BCUT2D eigenvalue weighted by molar-refractivity contribution is 0.760. The standard InChI is InChI=1S/C14H17N/c1-2-3-10-15-11-13-6-4-5-7-14(13)12-8-9-12/h4-7,12,15H,8-11H2,1H3. The Bertz CT molecular complexity index is 380. The SMILES string of the molecule is CC#CCNCc1ccccc1C1CC1. The first-order chi connectivity index (χ1) is 7.42. The quantitative estimate of drug-likeness (QED) is 0.580. The van der Waals surface area contributed by atoms with Gasteiger partial charge in [-0.15, -0.1) is 5.92 Å². The molecule has 1 aromatic carbocycles. The van der Waals surface area contributed by atoms with Gasteiger partial charge in [0.15, 0.2) is 0 Å². The summed E-state index contributed by atoms with van der Waals surface area (Å²) >= 11 is 0. The molecular formula is C14H17N. The second-order valence-corrected chi connectivity index (χ2v) is 4.00. The molecule has 1 N–H and O–H groups in total. The fraction of sp³-hybridized carbons (Fsp3) is 0.429. The monoisotopic (exact) mass is 199 g/mol. The molecule has 15 heavy (non-hydrogen) atoms. The van der Waals surface area contributed by atoms with Crippen molar-refractivity contribution in [3.63, 3.8) is 0 Å². The zero-order valence-corrected chi connectivity index (χ0v) is 9.22. The van der Waals surface area contributed by atoms with E-state index in [0.29, 0.717) is 0 Å². The second kappa shape index (κ2) is 5.00. The molecule has 0 amide bonds. The Balaban J connectivity index is 1.96. The summed E-state index contributed by atoms with van der Waals surface area (Å²) in [7, 11) is 0. The van der Waals surface area contributed by atoms with Crippen LogP contribution < -0.4 is 5.32 Å². The van der Waals surface area contributed by atoms with Crippen LogP contribution in [-0.2, 0) is 6.54 Å². The van der Waals surface area contributed by atoms with E-state index < -0.39 is 0 Å². The van der Waals surface area contributed by atoms with Crippen molar-refractivity contribution in [2.75, 3.05) is 6.54 Å². The number of hydrogen-bond donors (Lipinski definition) is 1. The van der Waals surface area contributed by atoms with Crippen molar-refractivity contribution >= 4 is 0 Å². The molecular weight excluding hydrogens is 182 g/mol. The molecule has 1 fully saturated rings. The van der Waals surface area contributed by atoms with Crippen LogP contribution in [0.15, 0.2) is 24.3 Å². The largest absolute Gasteiger partial charge is 0.302 e. The van der Waals surface area contributed by atoms with Gasteiger partial charge in [-0.2, -0.15) is 0 Å². The summed E-state index contributed by atoms with van der Waals surface area (Å²) in [4.78, 5) is 0. The minimum absolute atomic E-state index is 0.787. The fourth-order valence-electron chi connectivity index (χ4n) is 1.84. The normalized spacial score (nSPS) is 14.5. The Kier molecular flexibility index (Phi) is 3.42. The maximum absolute atomic E-state index is 3.35. The maximum Gasteiger partial charge on any atom is 0.0579 e. The Morgan fingerprint density at radius 1 is 1.33 bits per heavy atom. The van der Waals surface area contributed by atoms with E-state index in [2.05, 4.69) is 41.4 Å². The van der Waals surface area contributed by atoms with Gasteiger partial charge in [-0.3, -0.25) is 0 Å². The van der Waals surface area contributed by atoms with Crippen molar-refractivity contribution in [1.29, 1.82) is 0 Å². The van der Waals surface area contributed by atoms with Crippen molar-refractivity contribution in [3.05, 3.63) is 35.4 Å². The minimum atomic E-state index is 0.787. The van der Waals surface area contributed by atoms with Crippen LogP contribution in [0.2, 0.25) is 0 Å². The van der Waals surface area contributed by atoms with E-state index in [9.17, 15) is 0 Å². The van der Waals surface area contributed by atoms with E-state index in [1.54, 1.807) is 0 Å². The van der Waals surface area contributed by atoms with E-state index in [1.165, 1.54) is 24.0 Å². The summed E-state index contributed by atoms with van der Waals surface area (Å²) in [6.45, 7) is 3.61. The third kappa shape index (κ3) is 2.84. The smallest absolute Gasteiger partial charge is 0.0579 e. The number of rotatable bonds is 4. The molecule has 0 radical (unpaired) electrons. The van der Waals surface area contributed by atoms with Gasteiger partial charge in [-0.05, 0) is 36.8 Å². The molecule has 0 saturated heterocycles. The molecule has 0 heterocycles. The first kappa shape index (κ1) is 10.3. The van der Waals surface area contributed by atoms with Gasteiger partial charge in [0, 0.05) is 6.54 Å². The minimum Gasteiger partial charge on any atom is -0.302 e. The summed E-state index contributed by atoms with van der Waals surface area (Å²) in [5, 5.41) is 3.35. The molecule has 1 saturated carbocycles. The molecule has 0 aliphatic heterocycles.